The van der Waals surface area contributed by atoms with E-state index in [0.717, 1.165) is 17.7 Å². The van der Waals surface area contributed by atoms with Crippen LogP contribution in [-0.2, 0) is 0 Å². The molecule has 0 aliphatic heterocycles. The Balaban J connectivity index is 1.74. The molecule has 1 aromatic carbocycles. The van der Waals surface area contributed by atoms with Gasteiger partial charge in [-0.3, -0.25) is 4.98 Å². The Morgan fingerprint density at radius 1 is 1.26 bits per heavy atom. The molecule has 3 rings (SSSR count). The van der Waals surface area contributed by atoms with Gasteiger partial charge in [-0.25, -0.2) is 0 Å². The van der Waals surface area contributed by atoms with Crippen LogP contribution in [-0.4, -0.2) is 12.1 Å². The topological polar surface area (TPSA) is 48.1 Å². The number of aromatic nitrogens is 1. The van der Waals surface area contributed by atoms with Crippen LogP contribution in [0, 0.1) is 5.92 Å². The Bertz CT molecular complexity index is 556. The van der Waals surface area contributed by atoms with Crippen LogP contribution in [0.3, 0.4) is 0 Å². The quantitative estimate of drug-likeness (QED) is 0.912. The molecule has 2 N–H and O–H groups in total. The highest BCUT2D eigenvalue weighted by Gasteiger charge is 2.42. The third-order valence-corrected chi connectivity index (χ3v) is 3.88. The summed E-state index contributed by atoms with van der Waals surface area (Å²) in [6.07, 6.45) is 4.70. The minimum absolute atomic E-state index is 0.0350. The van der Waals surface area contributed by atoms with E-state index in [1.807, 2.05) is 18.3 Å². The molecule has 3 atom stereocenters. The summed E-state index contributed by atoms with van der Waals surface area (Å²) in [5.74, 6) is 1.86. The number of nitrogens with two attached hydrogens (primary N) is 1. The van der Waals surface area contributed by atoms with E-state index in [2.05, 4.69) is 29.2 Å². The second-order valence-corrected chi connectivity index (χ2v) is 5.10. The van der Waals surface area contributed by atoms with Gasteiger partial charge in [-0.1, -0.05) is 30.3 Å². The fraction of sp³-hybridized carbons (Fsp3) is 0.312. The highest BCUT2D eigenvalue weighted by Crippen LogP contribution is 2.53. The molecule has 1 aliphatic rings. The highest BCUT2D eigenvalue weighted by molar-refractivity contribution is 5.32. The summed E-state index contributed by atoms with van der Waals surface area (Å²) in [4.78, 5) is 4.18. The molecule has 3 nitrogen and oxygen atoms in total. The van der Waals surface area contributed by atoms with Gasteiger partial charge in [0.2, 0.25) is 0 Å². The van der Waals surface area contributed by atoms with Crippen molar-refractivity contribution >= 4 is 0 Å². The molecular weight excluding hydrogens is 236 g/mol. The van der Waals surface area contributed by atoms with Gasteiger partial charge in [0.05, 0.1) is 13.3 Å². The molecule has 1 aliphatic carbocycles. The van der Waals surface area contributed by atoms with Crippen LogP contribution >= 0.6 is 0 Å². The van der Waals surface area contributed by atoms with Crippen molar-refractivity contribution < 1.29 is 4.74 Å². The summed E-state index contributed by atoms with van der Waals surface area (Å²) >= 11 is 0. The zero-order valence-electron chi connectivity index (χ0n) is 11.0. The largest absolute Gasteiger partial charge is 0.495 e. The van der Waals surface area contributed by atoms with E-state index in [-0.39, 0.29) is 6.04 Å². The average Bonchev–Trinajstić information content (AvgIpc) is 3.28. The lowest BCUT2D eigenvalue weighted by Crippen LogP contribution is -2.13. The lowest BCUT2D eigenvalue weighted by atomic mass is 10.0. The summed E-state index contributed by atoms with van der Waals surface area (Å²) in [5.41, 5.74) is 8.80. The first kappa shape index (κ1) is 12.2. The minimum atomic E-state index is 0.0350. The van der Waals surface area contributed by atoms with E-state index in [0.29, 0.717) is 11.8 Å². The smallest absolute Gasteiger partial charge is 0.137 e. The molecule has 0 amide bonds. The number of hydrogen-bond donors (Lipinski definition) is 1. The summed E-state index contributed by atoms with van der Waals surface area (Å²) in [7, 11) is 1.65. The third kappa shape index (κ3) is 2.47. The summed E-state index contributed by atoms with van der Waals surface area (Å²) in [6, 6.07) is 12.6. The Morgan fingerprint density at radius 2 is 2.05 bits per heavy atom. The molecule has 1 saturated carbocycles. The summed E-state index contributed by atoms with van der Waals surface area (Å²) < 4.78 is 5.20. The molecule has 19 heavy (non-hydrogen) atoms. The number of ether oxygens (including phenoxy) is 1. The average molecular weight is 254 g/mol. The molecule has 1 heterocycles. The zero-order chi connectivity index (χ0) is 13.2. The summed E-state index contributed by atoms with van der Waals surface area (Å²) in [5, 5.41) is 0. The van der Waals surface area contributed by atoms with Gasteiger partial charge in [0, 0.05) is 12.2 Å². The van der Waals surface area contributed by atoms with E-state index < -0.39 is 0 Å². The molecule has 0 radical (unpaired) electrons. The van der Waals surface area contributed by atoms with Gasteiger partial charge in [-0.15, -0.1) is 0 Å². The normalized spacial score (nSPS) is 22.8. The van der Waals surface area contributed by atoms with E-state index >= 15 is 0 Å². The predicted octanol–water partition coefficient (Wildman–Crippen LogP) is 2.89. The van der Waals surface area contributed by atoms with Crippen molar-refractivity contribution in [1.82, 2.24) is 4.98 Å². The molecular formula is C16H18N2O. The van der Waals surface area contributed by atoms with Crippen LogP contribution in [0.2, 0.25) is 0 Å². The number of nitrogens with zero attached hydrogens (tertiary/aromatic N) is 1. The molecule has 0 bridgehead atoms. The molecule has 1 fully saturated rings. The maximum atomic E-state index is 6.36. The van der Waals surface area contributed by atoms with Crippen molar-refractivity contribution in [2.45, 2.75) is 18.4 Å². The fourth-order valence-corrected chi connectivity index (χ4v) is 2.67. The Labute approximate surface area is 113 Å². The minimum Gasteiger partial charge on any atom is -0.495 e. The number of hydrogen-bond acceptors (Lipinski definition) is 3. The molecule has 0 spiro atoms. The first-order valence-corrected chi connectivity index (χ1v) is 6.59. The lowest BCUT2D eigenvalue weighted by Gasteiger charge is -2.12. The number of benzene rings is 1. The fourth-order valence-electron chi connectivity index (χ4n) is 2.67. The van der Waals surface area contributed by atoms with Crippen LogP contribution in [0.5, 0.6) is 5.75 Å². The highest BCUT2D eigenvalue weighted by atomic mass is 16.5. The standard InChI is InChI=1S/C16H18N2O/c1-19-13-7-12(9-18-10-13)16(17)15-8-14(15)11-5-3-2-4-6-11/h2-7,9-10,14-16H,8,17H2,1H3. The second kappa shape index (κ2) is 5.02. The van der Waals surface area contributed by atoms with Gasteiger partial charge in [0.25, 0.3) is 0 Å². The SMILES string of the molecule is COc1cncc(C(N)C2CC2c2ccccc2)c1. The van der Waals surface area contributed by atoms with Crippen LogP contribution in [0.1, 0.15) is 29.5 Å². The maximum Gasteiger partial charge on any atom is 0.137 e. The molecule has 98 valence electrons. The van der Waals surface area contributed by atoms with E-state index in [1.165, 1.54) is 5.56 Å². The molecule has 2 aromatic rings. The first-order chi connectivity index (χ1) is 9.29. The molecule has 0 saturated heterocycles. The molecule has 3 unspecified atom stereocenters. The first-order valence-electron chi connectivity index (χ1n) is 6.59. The number of methoxy groups -OCH3 is 1. The van der Waals surface area contributed by atoms with Crippen molar-refractivity contribution in [3.63, 3.8) is 0 Å². The van der Waals surface area contributed by atoms with Crippen LogP contribution in [0.15, 0.2) is 48.8 Å². The van der Waals surface area contributed by atoms with Crippen LogP contribution in [0.4, 0.5) is 0 Å². The summed E-state index contributed by atoms with van der Waals surface area (Å²) in [6.45, 7) is 0. The monoisotopic (exact) mass is 254 g/mol. The van der Waals surface area contributed by atoms with E-state index in [4.69, 9.17) is 10.5 Å². The predicted molar refractivity (Wildman–Crippen MR) is 75.0 cm³/mol. The Hall–Kier alpha value is -1.87. The maximum absolute atomic E-state index is 6.36. The van der Waals surface area contributed by atoms with Crippen molar-refractivity contribution in [1.29, 1.82) is 0 Å². The molecule has 1 aromatic heterocycles. The Morgan fingerprint density at radius 3 is 2.79 bits per heavy atom. The van der Waals surface area contributed by atoms with Crippen molar-refractivity contribution in [2.24, 2.45) is 11.7 Å². The van der Waals surface area contributed by atoms with Crippen molar-refractivity contribution in [3.8, 4) is 5.75 Å². The molecule has 3 heteroatoms. The van der Waals surface area contributed by atoms with Gasteiger partial charge < -0.3 is 10.5 Å². The lowest BCUT2D eigenvalue weighted by molar-refractivity contribution is 0.411. The third-order valence-electron chi connectivity index (χ3n) is 3.88. The van der Waals surface area contributed by atoms with Crippen molar-refractivity contribution in [3.05, 3.63) is 59.9 Å². The zero-order valence-corrected chi connectivity index (χ0v) is 11.0. The van der Waals surface area contributed by atoms with Crippen LogP contribution < -0.4 is 10.5 Å². The van der Waals surface area contributed by atoms with Gasteiger partial charge in [0.1, 0.15) is 5.75 Å². The van der Waals surface area contributed by atoms with E-state index in [1.54, 1.807) is 13.3 Å². The number of rotatable bonds is 4. The van der Waals surface area contributed by atoms with Gasteiger partial charge in [0.15, 0.2) is 0 Å². The second-order valence-electron chi connectivity index (χ2n) is 5.10. The number of pyridine rings is 1. The van der Waals surface area contributed by atoms with Gasteiger partial charge in [-0.05, 0) is 35.4 Å². The van der Waals surface area contributed by atoms with Crippen LogP contribution in [0.25, 0.3) is 0 Å². The van der Waals surface area contributed by atoms with Crippen molar-refractivity contribution in [2.75, 3.05) is 7.11 Å². The van der Waals surface area contributed by atoms with E-state index in [9.17, 15) is 0 Å². The van der Waals surface area contributed by atoms with Gasteiger partial charge >= 0.3 is 0 Å². The Kier molecular flexibility index (Phi) is 3.22. The van der Waals surface area contributed by atoms with Gasteiger partial charge in [-0.2, -0.15) is 0 Å².